The van der Waals surface area contributed by atoms with E-state index in [-0.39, 0.29) is 23.0 Å². The number of carbonyl (C=O) groups is 1. The average molecular weight is 379 g/mol. The number of carbonyl (C=O) groups excluding carboxylic acids is 1. The van der Waals surface area contributed by atoms with Crippen molar-refractivity contribution in [3.8, 4) is 0 Å². The fourth-order valence-electron chi connectivity index (χ4n) is 3.27. The van der Waals surface area contributed by atoms with Gasteiger partial charge >= 0.3 is 0 Å². The maximum absolute atomic E-state index is 12.8. The van der Waals surface area contributed by atoms with Crippen LogP contribution >= 0.6 is 0 Å². The highest BCUT2D eigenvalue weighted by molar-refractivity contribution is 6.01. The summed E-state index contributed by atoms with van der Waals surface area (Å²) in [4.78, 5) is 34.5. The van der Waals surface area contributed by atoms with Gasteiger partial charge in [-0.05, 0) is 31.0 Å². The zero-order valence-electron chi connectivity index (χ0n) is 15.4. The first-order valence-electron chi connectivity index (χ1n) is 9.24. The lowest BCUT2D eigenvalue weighted by Gasteiger charge is -2.15. The minimum Gasteiger partial charge on any atom is -0.376 e. The predicted molar refractivity (Wildman–Crippen MR) is 107 cm³/mol. The Morgan fingerprint density at radius 1 is 1.39 bits per heavy atom. The first-order valence-corrected chi connectivity index (χ1v) is 9.24. The van der Waals surface area contributed by atoms with Crippen molar-refractivity contribution in [2.75, 3.05) is 25.0 Å². The van der Waals surface area contributed by atoms with Crippen LogP contribution in [0.3, 0.4) is 0 Å². The van der Waals surface area contributed by atoms with E-state index in [0.29, 0.717) is 35.8 Å². The summed E-state index contributed by atoms with van der Waals surface area (Å²) in [7, 11) is 0. The SMILES string of the molecule is C=CCNC(=O)c1cc2c(=O)n3ccccc3nc2nc1NC[C@H]1CCCO1. The van der Waals surface area contributed by atoms with Gasteiger partial charge < -0.3 is 15.4 Å². The number of ether oxygens (including phenoxy) is 1. The number of anilines is 1. The number of hydrogen-bond donors (Lipinski definition) is 2. The highest BCUT2D eigenvalue weighted by Crippen LogP contribution is 2.20. The van der Waals surface area contributed by atoms with Crippen molar-refractivity contribution in [1.82, 2.24) is 19.7 Å². The smallest absolute Gasteiger partial charge is 0.267 e. The molecule has 1 aliphatic rings. The molecule has 144 valence electrons. The van der Waals surface area contributed by atoms with Crippen LogP contribution in [0.2, 0.25) is 0 Å². The summed E-state index contributed by atoms with van der Waals surface area (Å²) in [6, 6.07) is 6.85. The molecule has 3 aromatic heterocycles. The number of hydrogen-bond acceptors (Lipinski definition) is 6. The van der Waals surface area contributed by atoms with E-state index in [0.717, 1.165) is 19.4 Å². The third-order valence-corrected chi connectivity index (χ3v) is 4.68. The maximum atomic E-state index is 12.8. The second kappa shape index (κ2) is 7.77. The molecule has 0 spiro atoms. The van der Waals surface area contributed by atoms with E-state index in [1.165, 1.54) is 4.40 Å². The van der Waals surface area contributed by atoms with Crippen LogP contribution in [0, 0.1) is 0 Å². The summed E-state index contributed by atoms with van der Waals surface area (Å²) >= 11 is 0. The second-order valence-corrected chi connectivity index (χ2v) is 6.62. The van der Waals surface area contributed by atoms with E-state index in [1.807, 2.05) is 0 Å². The molecule has 0 aliphatic carbocycles. The molecule has 0 aromatic carbocycles. The molecular formula is C20H21N5O3. The number of nitrogens with zero attached hydrogens (tertiary/aromatic N) is 3. The van der Waals surface area contributed by atoms with Crippen molar-refractivity contribution >= 4 is 28.4 Å². The molecule has 1 aliphatic heterocycles. The Morgan fingerprint density at radius 3 is 3.07 bits per heavy atom. The average Bonchev–Trinajstić information content (AvgIpc) is 3.24. The first kappa shape index (κ1) is 18.1. The molecule has 3 aromatic rings. The van der Waals surface area contributed by atoms with E-state index in [9.17, 15) is 9.59 Å². The Kier molecular flexibility index (Phi) is 5.03. The highest BCUT2D eigenvalue weighted by atomic mass is 16.5. The van der Waals surface area contributed by atoms with Crippen LogP contribution in [-0.4, -0.2) is 46.1 Å². The van der Waals surface area contributed by atoms with Crippen molar-refractivity contribution in [2.45, 2.75) is 18.9 Å². The van der Waals surface area contributed by atoms with Crippen LogP contribution < -0.4 is 16.2 Å². The Bertz CT molecular complexity index is 1100. The van der Waals surface area contributed by atoms with Gasteiger partial charge in [-0.3, -0.25) is 14.0 Å². The van der Waals surface area contributed by atoms with Crippen molar-refractivity contribution < 1.29 is 9.53 Å². The molecule has 0 saturated carbocycles. The van der Waals surface area contributed by atoms with Gasteiger partial charge in [-0.1, -0.05) is 12.1 Å². The van der Waals surface area contributed by atoms with Crippen molar-refractivity contribution in [2.24, 2.45) is 0 Å². The largest absolute Gasteiger partial charge is 0.376 e. The van der Waals surface area contributed by atoms with Crippen molar-refractivity contribution in [1.29, 1.82) is 0 Å². The first-order chi connectivity index (χ1) is 13.7. The molecule has 28 heavy (non-hydrogen) atoms. The van der Waals surface area contributed by atoms with Gasteiger partial charge in [-0.2, -0.15) is 0 Å². The van der Waals surface area contributed by atoms with Crippen molar-refractivity contribution in [3.05, 3.63) is 59.0 Å². The normalized spacial score (nSPS) is 16.4. The monoisotopic (exact) mass is 379 g/mol. The zero-order valence-corrected chi connectivity index (χ0v) is 15.4. The molecule has 0 unspecified atom stereocenters. The summed E-state index contributed by atoms with van der Waals surface area (Å²) in [6.07, 6.45) is 5.30. The van der Waals surface area contributed by atoms with E-state index >= 15 is 0 Å². The van der Waals surface area contributed by atoms with Gasteiger partial charge in [0.25, 0.3) is 11.5 Å². The minimum absolute atomic E-state index is 0.0803. The zero-order chi connectivity index (χ0) is 19.5. The molecule has 4 heterocycles. The molecule has 1 amide bonds. The van der Waals surface area contributed by atoms with Gasteiger partial charge in [-0.15, -0.1) is 6.58 Å². The molecule has 1 saturated heterocycles. The van der Waals surface area contributed by atoms with Gasteiger partial charge in [0.2, 0.25) is 0 Å². The summed E-state index contributed by atoms with van der Waals surface area (Å²) in [5.41, 5.74) is 0.825. The third kappa shape index (κ3) is 3.46. The van der Waals surface area contributed by atoms with Crippen LogP contribution in [0.15, 0.2) is 47.9 Å². The summed E-state index contributed by atoms with van der Waals surface area (Å²) in [6.45, 7) is 5.21. The summed E-state index contributed by atoms with van der Waals surface area (Å²) in [5.74, 6) is 0.0541. The minimum atomic E-state index is -0.332. The summed E-state index contributed by atoms with van der Waals surface area (Å²) in [5, 5.41) is 6.23. The van der Waals surface area contributed by atoms with Crippen LogP contribution in [0.1, 0.15) is 23.2 Å². The van der Waals surface area contributed by atoms with Crippen LogP contribution in [0.25, 0.3) is 16.7 Å². The molecular weight excluding hydrogens is 358 g/mol. The quantitative estimate of drug-likeness (QED) is 0.500. The topological polar surface area (TPSA) is 97.6 Å². The van der Waals surface area contributed by atoms with Crippen molar-refractivity contribution in [3.63, 3.8) is 0 Å². The Balaban J connectivity index is 1.80. The van der Waals surface area contributed by atoms with Gasteiger partial charge in [0.05, 0.1) is 17.1 Å². The molecule has 8 nitrogen and oxygen atoms in total. The Morgan fingerprint density at radius 2 is 2.29 bits per heavy atom. The van der Waals surface area contributed by atoms with Crippen LogP contribution in [0.4, 0.5) is 5.82 Å². The van der Waals surface area contributed by atoms with Gasteiger partial charge in [0.1, 0.15) is 11.5 Å². The molecule has 2 N–H and O–H groups in total. The van der Waals surface area contributed by atoms with Crippen LogP contribution in [0.5, 0.6) is 0 Å². The fourth-order valence-corrected chi connectivity index (χ4v) is 3.27. The molecule has 4 rings (SSSR count). The standard InChI is InChI=1S/C20H21N5O3/c1-2-8-21-19(26)14-11-15-18(23-16-7-3-4-9-25(16)20(15)27)24-17(14)22-12-13-6-5-10-28-13/h2-4,7,9,11,13H,1,5-6,8,10,12H2,(H,21,26)(H,22,24)/t13-/m1/s1. The Labute approximate surface area is 161 Å². The number of nitrogens with one attached hydrogen (secondary N) is 2. The number of amides is 1. The number of fused-ring (bicyclic) bond motifs is 2. The molecule has 8 heteroatoms. The van der Waals surface area contributed by atoms with Crippen LogP contribution in [-0.2, 0) is 4.74 Å². The maximum Gasteiger partial charge on any atom is 0.267 e. The number of rotatable bonds is 6. The molecule has 1 atom stereocenters. The predicted octanol–water partition coefficient (Wildman–Crippen LogP) is 1.75. The van der Waals surface area contributed by atoms with E-state index in [4.69, 9.17) is 4.74 Å². The molecule has 0 bridgehead atoms. The lowest BCUT2D eigenvalue weighted by atomic mass is 10.1. The van der Waals surface area contributed by atoms with E-state index in [1.54, 1.807) is 36.5 Å². The van der Waals surface area contributed by atoms with Gasteiger partial charge in [0.15, 0.2) is 5.65 Å². The highest BCUT2D eigenvalue weighted by Gasteiger charge is 2.20. The summed E-state index contributed by atoms with van der Waals surface area (Å²) < 4.78 is 7.07. The van der Waals surface area contributed by atoms with E-state index < -0.39 is 0 Å². The lowest BCUT2D eigenvalue weighted by molar-refractivity contribution is 0.0958. The lowest BCUT2D eigenvalue weighted by Crippen LogP contribution is -2.27. The van der Waals surface area contributed by atoms with E-state index in [2.05, 4.69) is 27.2 Å². The second-order valence-electron chi connectivity index (χ2n) is 6.62. The van der Waals surface area contributed by atoms with Gasteiger partial charge in [-0.25, -0.2) is 9.97 Å². The number of aromatic nitrogens is 3. The van der Waals surface area contributed by atoms with Gasteiger partial charge in [0, 0.05) is 25.9 Å². The molecule has 1 fully saturated rings. The number of pyridine rings is 2. The Hall–Kier alpha value is -3.26. The third-order valence-electron chi connectivity index (χ3n) is 4.68. The fraction of sp³-hybridized carbons (Fsp3) is 0.300. The molecule has 0 radical (unpaired) electrons.